The summed E-state index contributed by atoms with van der Waals surface area (Å²) in [5.41, 5.74) is 1.67. The van der Waals surface area contributed by atoms with Crippen molar-refractivity contribution in [1.29, 1.82) is 0 Å². The van der Waals surface area contributed by atoms with Crippen LogP contribution in [-0.2, 0) is 5.41 Å². The summed E-state index contributed by atoms with van der Waals surface area (Å²) in [7, 11) is 4.93. The van der Waals surface area contributed by atoms with Gasteiger partial charge in [-0.05, 0) is 18.6 Å². The number of methoxy groups -OCH3 is 3. The van der Waals surface area contributed by atoms with E-state index in [-0.39, 0.29) is 12.0 Å². The van der Waals surface area contributed by atoms with E-state index in [1.807, 2.05) is 43.3 Å². The van der Waals surface area contributed by atoms with E-state index in [0.717, 1.165) is 28.4 Å². The molecule has 2 aromatic carbocycles. The molecule has 0 aliphatic rings. The molecule has 0 aliphatic heterocycles. The van der Waals surface area contributed by atoms with Crippen molar-refractivity contribution in [2.24, 2.45) is 0 Å². The van der Waals surface area contributed by atoms with Gasteiger partial charge in [0.2, 0.25) is 0 Å². The lowest BCUT2D eigenvalue weighted by molar-refractivity contribution is 0.104. The van der Waals surface area contributed by atoms with Crippen LogP contribution in [0.2, 0.25) is 0 Å². The summed E-state index contributed by atoms with van der Waals surface area (Å²) in [6.07, 6.45) is 0.176. The Bertz CT molecular complexity index is 754. The van der Waals surface area contributed by atoms with E-state index in [0.29, 0.717) is 12.2 Å². The van der Waals surface area contributed by atoms with Gasteiger partial charge in [-0.3, -0.25) is 0 Å². The van der Waals surface area contributed by atoms with Crippen molar-refractivity contribution >= 4 is 0 Å². The highest BCUT2D eigenvalue weighted by atomic mass is 16.5. The maximum Gasteiger partial charge on any atom is 0.126 e. The molecule has 0 aliphatic carbocycles. The van der Waals surface area contributed by atoms with Crippen LogP contribution >= 0.6 is 0 Å². The fraction of sp³-hybridized carbons (Fsp3) is 0.455. The summed E-state index contributed by atoms with van der Waals surface area (Å²) in [5, 5.41) is 9.70. The smallest absolute Gasteiger partial charge is 0.126 e. The highest BCUT2D eigenvalue weighted by Crippen LogP contribution is 2.43. The van der Waals surface area contributed by atoms with Crippen molar-refractivity contribution < 1.29 is 24.1 Å². The quantitative estimate of drug-likeness (QED) is 0.713. The van der Waals surface area contributed by atoms with Crippen LogP contribution in [0.25, 0.3) is 0 Å². The molecule has 0 fully saturated rings. The van der Waals surface area contributed by atoms with E-state index in [9.17, 15) is 5.11 Å². The Morgan fingerprint density at radius 2 is 1.37 bits per heavy atom. The number of rotatable bonds is 9. The Morgan fingerprint density at radius 1 is 0.852 bits per heavy atom. The Labute approximate surface area is 161 Å². The van der Waals surface area contributed by atoms with Crippen LogP contribution in [-0.4, -0.2) is 39.1 Å². The largest absolute Gasteiger partial charge is 0.497 e. The van der Waals surface area contributed by atoms with Crippen LogP contribution in [0, 0.1) is 0 Å². The second-order valence-corrected chi connectivity index (χ2v) is 6.93. The number of hydrogen-bond acceptors (Lipinski definition) is 5. The minimum absolute atomic E-state index is 0.259. The van der Waals surface area contributed by atoms with E-state index in [1.54, 1.807) is 21.3 Å². The summed E-state index contributed by atoms with van der Waals surface area (Å²) in [6, 6.07) is 11.6. The number of hydrogen-bond donors (Lipinski definition) is 1. The van der Waals surface area contributed by atoms with Crippen molar-refractivity contribution in [2.45, 2.75) is 38.7 Å². The van der Waals surface area contributed by atoms with Crippen molar-refractivity contribution in [3.8, 4) is 23.0 Å². The molecule has 0 radical (unpaired) electrons. The molecule has 1 atom stereocenters. The molecule has 0 bridgehead atoms. The Balaban J connectivity index is 2.40. The van der Waals surface area contributed by atoms with Gasteiger partial charge in [-0.1, -0.05) is 32.9 Å². The molecule has 1 unspecified atom stereocenters. The molecular formula is C22H30O5. The van der Waals surface area contributed by atoms with E-state index in [2.05, 4.69) is 13.8 Å². The molecule has 0 spiro atoms. The first-order valence-corrected chi connectivity index (χ1v) is 9.09. The number of aliphatic hydroxyl groups is 1. The molecule has 5 heteroatoms. The summed E-state index contributed by atoms with van der Waals surface area (Å²) < 4.78 is 22.2. The third-order valence-electron chi connectivity index (χ3n) is 4.84. The van der Waals surface area contributed by atoms with Gasteiger partial charge >= 0.3 is 0 Å². The zero-order valence-electron chi connectivity index (χ0n) is 17.0. The van der Waals surface area contributed by atoms with Crippen molar-refractivity contribution in [3.63, 3.8) is 0 Å². The van der Waals surface area contributed by atoms with Gasteiger partial charge < -0.3 is 24.1 Å². The number of ether oxygens (including phenoxy) is 4. The fourth-order valence-corrected chi connectivity index (χ4v) is 3.05. The van der Waals surface area contributed by atoms with Crippen LogP contribution in [0.1, 0.15) is 38.3 Å². The van der Waals surface area contributed by atoms with Crippen molar-refractivity contribution in [3.05, 3.63) is 47.5 Å². The number of aliphatic hydroxyl groups excluding tert-OH is 1. The van der Waals surface area contributed by atoms with Crippen LogP contribution in [0.5, 0.6) is 23.0 Å². The zero-order chi connectivity index (χ0) is 20.0. The first-order chi connectivity index (χ1) is 12.9. The van der Waals surface area contributed by atoms with Crippen LogP contribution in [0.3, 0.4) is 0 Å². The van der Waals surface area contributed by atoms with Crippen molar-refractivity contribution in [1.82, 2.24) is 0 Å². The SMILES string of the molecule is CCC(O)COc1ccc(C(C)(C)c2ccc(OC)cc2OC)c(OC)c1. The molecule has 5 nitrogen and oxygen atoms in total. The van der Waals surface area contributed by atoms with Crippen LogP contribution < -0.4 is 18.9 Å². The normalized spacial score (nSPS) is 12.4. The minimum atomic E-state index is -0.476. The molecule has 0 saturated heterocycles. The lowest BCUT2D eigenvalue weighted by Gasteiger charge is -2.30. The van der Waals surface area contributed by atoms with Crippen LogP contribution in [0.15, 0.2) is 36.4 Å². The molecule has 148 valence electrons. The van der Waals surface area contributed by atoms with E-state index in [1.165, 1.54) is 0 Å². The molecule has 2 aromatic rings. The average Bonchev–Trinajstić information content (AvgIpc) is 2.70. The third-order valence-corrected chi connectivity index (χ3v) is 4.84. The van der Waals surface area contributed by atoms with Gasteiger partial charge in [0.05, 0.1) is 27.4 Å². The summed E-state index contributed by atoms with van der Waals surface area (Å²) in [5.74, 6) is 2.89. The van der Waals surface area contributed by atoms with E-state index < -0.39 is 6.10 Å². The highest BCUT2D eigenvalue weighted by molar-refractivity contribution is 5.54. The molecule has 2 rings (SSSR count). The standard InChI is InChI=1S/C22H30O5/c1-7-15(23)14-27-17-9-11-19(21(13-17)26-6)22(2,3)18-10-8-16(24-4)12-20(18)25-5/h8-13,15,23H,7,14H2,1-6H3. The van der Waals surface area contributed by atoms with Crippen LogP contribution in [0.4, 0.5) is 0 Å². The molecule has 0 saturated carbocycles. The number of benzene rings is 2. The lowest BCUT2D eigenvalue weighted by Crippen LogP contribution is -2.21. The van der Waals surface area contributed by atoms with Gasteiger partial charge in [0, 0.05) is 28.7 Å². The Kier molecular flexibility index (Phi) is 6.97. The predicted molar refractivity (Wildman–Crippen MR) is 106 cm³/mol. The summed E-state index contributed by atoms with van der Waals surface area (Å²) in [4.78, 5) is 0. The highest BCUT2D eigenvalue weighted by Gasteiger charge is 2.30. The van der Waals surface area contributed by atoms with Gasteiger partial charge in [-0.2, -0.15) is 0 Å². The molecule has 1 N–H and O–H groups in total. The molecule has 0 aromatic heterocycles. The molecule has 27 heavy (non-hydrogen) atoms. The van der Waals surface area contributed by atoms with E-state index >= 15 is 0 Å². The first kappa shape index (κ1) is 20.9. The second-order valence-electron chi connectivity index (χ2n) is 6.93. The predicted octanol–water partition coefficient (Wildman–Crippen LogP) is 4.19. The Morgan fingerprint density at radius 3 is 1.85 bits per heavy atom. The van der Waals surface area contributed by atoms with Gasteiger partial charge in [0.1, 0.15) is 29.6 Å². The Hall–Kier alpha value is -2.40. The topological polar surface area (TPSA) is 57.2 Å². The van der Waals surface area contributed by atoms with Gasteiger partial charge in [-0.15, -0.1) is 0 Å². The van der Waals surface area contributed by atoms with Crippen molar-refractivity contribution in [2.75, 3.05) is 27.9 Å². The maximum absolute atomic E-state index is 9.70. The molecule has 0 heterocycles. The van der Waals surface area contributed by atoms with E-state index in [4.69, 9.17) is 18.9 Å². The fourth-order valence-electron chi connectivity index (χ4n) is 3.05. The maximum atomic E-state index is 9.70. The summed E-state index contributed by atoms with van der Waals surface area (Å²) in [6.45, 7) is 6.42. The first-order valence-electron chi connectivity index (χ1n) is 9.09. The molecular weight excluding hydrogens is 344 g/mol. The zero-order valence-corrected chi connectivity index (χ0v) is 17.0. The monoisotopic (exact) mass is 374 g/mol. The summed E-state index contributed by atoms with van der Waals surface area (Å²) >= 11 is 0. The lowest BCUT2D eigenvalue weighted by atomic mass is 9.77. The minimum Gasteiger partial charge on any atom is -0.497 e. The third kappa shape index (κ3) is 4.66. The van der Waals surface area contributed by atoms with Gasteiger partial charge in [0.15, 0.2) is 0 Å². The second kappa shape index (κ2) is 9.00. The van der Waals surface area contributed by atoms with Gasteiger partial charge in [0.25, 0.3) is 0 Å². The van der Waals surface area contributed by atoms with Gasteiger partial charge in [-0.25, -0.2) is 0 Å². The average molecular weight is 374 g/mol. The molecule has 0 amide bonds.